The molecule has 1 fully saturated rings. The fraction of sp³-hybridized carbons (Fsp3) is 0.481. The Balaban J connectivity index is 1.44. The zero-order valence-electron chi connectivity index (χ0n) is 20.6. The number of nitrogens with zero attached hydrogens (tertiary/aromatic N) is 3. The predicted molar refractivity (Wildman–Crippen MR) is 145 cm³/mol. The highest BCUT2D eigenvalue weighted by Gasteiger charge is 2.28. The highest BCUT2D eigenvalue weighted by atomic mass is 35.5. The average molecular weight is 499 g/mol. The normalized spacial score (nSPS) is 18.4. The second-order valence-electron chi connectivity index (χ2n) is 9.39. The molecular weight excluding hydrogens is 464 g/mol. The molecule has 0 spiro atoms. The van der Waals surface area contributed by atoms with Crippen molar-refractivity contribution in [2.75, 3.05) is 32.1 Å². The molecule has 0 bridgehead atoms. The molecule has 0 aliphatic heterocycles. The molecule has 7 heteroatoms. The third-order valence-corrected chi connectivity index (χ3v) is 8.35. The number of para-hydroxylation sites is 1. The van der Waals surface area contributed by atoms with Gasteiger partial charge in [-0.25, -0.2) is 4.98 Å². The van der Waals surface area contributed by atoms with Crippen LogP contribution in [0.5, 0.6) is 0 Å². The number of hydrogen-bond donors (Lipinski definition) is 1. The molecule has 1 amide bonds. The van der Waals surface area contributed by atoms with Crippen LogP contribution in [0, 0.1) is 6.92 Å². The first-order chi connectivity index (χ1) is 16.4. The first kappa shape index (κ1) is 25.0. The highest BCUT2D eigenvalue weighted by molar-refractivity contribution is 7.18. The molecule has 1 N–H and O–H groups in total. The lowest BCUT2D eigenvalue weighted by Gasteiger charge is -2.40. The molecule has 1 aromatic heterocycles. The number of nitrogens with one attached hydrogen (secondary N) is 1. The van der Waals surface area contributed by atoms with Gasteiger partial charge in [0.15, 0.2) is 0 Å². The number of thiazole rings is 1. The monoisotopic (exact) mass is 498 g/mol. The van der Waals surface area contributed by atoms with E-state index in [0.717, 1.165) is 41.2 Å². The number of carbonyl (C=O) groups excluding carboxylic acids is 1. The molecule has 1 aliphatic rings. The summed E-state index contributed by atoms with van der Waals surface area (Å²) in [6.07, 6.45) is 5.44. The maximum Gasteiger partial charge on any atom is 0.251 e. The van der Waals surface area contributed by atoms with Gasteiger partial charge >= 0.3 is 0 Å². The fourth-order valence-electron chi connectivity index (χ4n) is 5.12. The standard InChI is InChI=1S/C27H35ClN4OS/c1-5-32(21-12-10-20(11-13-21)31(3)4)24-17-19(28)16-22(18(24)2)27(33)29-15-14-26-30-23-8-6-7-9-25(23)34-26/h6-9,16-17,20-21H,5,10-15H2,1-4H3,(H,29,33). The molecule has 5 nitrogen and oxygen atoms in total. The zero-order valence-corrected chi connectivity index (χ0v) is 22.2. The predicted octanol–water partition coefficient (Wildman–Crippen LogP) is 5.93. The lowest BCUT2D eigenvalue weighted by Crippen LogP contribution is -2.42. The van der Waals surface area contributed by atoms with E-state index in [9.17, 15) is 4.79 Å². The summed E-state index contributed by atoms with van der Waals surface area (Å²) in [7, 11) is 4.34. The van der Waals surface area contributed by atoms with Gasteiger partial charge < -0.3 is 15.1 Å². The molecular formula is C27H35ClN4OS. The number of rotatable bonds is 8. The summed E-state index contributed by atoms with van der Waals surface area (Å²) in [5.74, 6) is -0.0743. The Kier molecular flexibility index (Phi) is 8.12. The third kappa shape index (κ3) is 5.56. The van der Waals surface area contributed by atoms with Gasteiger partial charge in [0.1, 0.15) is 0 Å². The van der Waals surface area contributed by atoms with Crippen molar-refractivity contribution in [3.63, 3.8) is 0 Å². The van der Waals surface area contributed by atoms with Crippen molar-refractivity contribution in [1.29, 1.82) is 0 Å². The number of benzene rings is 2. The smallest absolute Gasteiger partial charge is 0.251 e. The van der Waals surface area contributed by atoms with Gasteiger partial charge in [-0.3, -0.25) is 4.79 Å². The highest BCUT2D eigenvalue weighted by Crippen LogP contribution is 2.34. The maximum absolute atomic E-state index is 13.1. The summed E-state index contributed by atoms with van der Waals surface area (Å²) < 4.78 is 1.18. The summed E-state index contributed by atoms with van der Waals surface area (Å²) in [5, 5.41) is 4.73. The van der Waals surface area contributed by atoms with E-state index >= 15 is 0 Å². The van der Waals surface area contributed by atoms with Gasteiger partial charge in [0.25, 0.3) is 5.91 Å². The Morgan fingerprint density at radius 2 is 1.85 bits per heavy atom. The van der Waals surface area contributed by atoms with Gasteiger partial charge in [-0.15, -0.1) is 11.3 Å². The van der Waals surface area contributed by atoms with Crippen molar-refractivity contribution in [2.45, 2.75) is 58.0 Å². The van der Waals surface area contributed by atoms with Crippen LogP contribution in [0.1, 0.15) is 53.5 Å². The number of amides is 1. The van der Waals surface area contributed by atoms with Crippen molar-refractivity contribution in [3.8, 4) is 0 Å². The summed E-state index contributed by atoms with van der Waals surface area (Å²) in [4.78, 5) is 22.6. The van der Waals surface area contributed by atoms with Gasteiger partial charge in [-0.05, 0) is 83.5 Å². The molecule has 0 unspecified atom stereocenters. The Morgan fingerprint density at radius 3 is 2.53 bits per heavy atom. The molecule has 1 aliphatic carbocycles. The largest absolute Gasteiger partial charge is 0.369 e. The first-order valence-electron chi connectivity index (χ1n) is 12.2. The van der Waals surface area contributed by atoms with Gasteiger partial charge in [-0.1, -0.05) is 23.7 Å². The van der Waals surface area contributed by atoms with Crippen molar-refractivity contribution in [2.24, 2.45) is 0 Å². The van der Waals surface area contributed by atoms with Gasteiger partial charge in [0.2, 0.25) is 0 Å². The summed E-state index contributed by atoms with van der Waals surface area (Å²) in [6.45, 7) is 5.68. The number of fused-ring (bicyclic) bond motifs is 1. The number of anilines is 1. The molecule has 0 atom stereocenters. The molecule has 182 valence electrons. The van der Waals surface area contributed by atoms with Crippen LogP contribution < -0.4 is 10.2 Å². The number of halogens is 1. The van der Waals surface area contributed by atoms with Crippen molar-refractivity contribution in [3.05, 3.63) is 57.6 Å². The number of aromatic nitrogens is 1. The van der Waals surface area contributed by atoms with E-state index in [4.69, 9.17) is 11.6 Å². The molecule has 1 heterocycles. The molecule has 0 radical (unpaired) electrons. The zero-order chi connectivity index (χ0) is 24.2. The molecule has 1 saturated carbocycles. The first-order valence-corrected chi connectivity index (χ1v) is 13.4. The topological polar surface area (TPSA) is 48.5 Å². The Bertz CT molecular complexity index is 1100. The maximum atomic E-state index is 13.1. The third-order valence-electron chi connectivity index (χ3n) is 7.04. The van der Waals surface area contributed by atoms with Gasteiger partial charge in [0, 0.05) is 47.9 Å². The Labute approximate surface area is 212 Å². The molecule has 0 saturated heterocycles. The second-order valence-corrected chi connectivity index (χ2v) is 10.9. The Morgan fingerprint density at radius 1 is 1.15 bits per heavy atom. The van der Waals surface area contributed by atoms with Crippen LogP contribution in [0.4, 0.5) is 5.69 Å². The second kappa shape index (κ2) is 11.1. The van der Waals surface area contributed by atoms with Crippen molar-refractivity contribution < 1.29 is 4.79 Å². The van der Waals surface area contributed by atoms with Gasteiger partial charge in [-0.2, -0.15) is 0 Å². The number of hydrogen-bond acceptors (Lipinski definition) is 5. The lowest BCUT2D eigenvalue weighted by molar-refractivity contribution is 0.0953. The minimum Gasteiger partial charge on any atom is -0.369 e. The van der Waals surface area contributed by atoms with Crippen LogP contribution in [-0.2, 0) is 6.42 Å². The minimum atomic E-state index is -0.0743. The van der Waals surface area contributed by atoms with Crippen molar-refractivity contribution in [1.82, 2.24) is 15.2 Å². The van der Waals surface area contributed by atoms with E-state index < -0.39 is 0 Å². The van der Waals surface area contributed by atoms with Crippen LogP contribution in [-0.4, -0.2) is 55.1 Å². The molecule has 4 rings (SSSR count). The fourth-order valence-corrected chi connectivity index (χ4v) is 6.29. The minimum absolute atomic E-state index is 0.0743. The summed E-state index contributed by atoms with van der Waals surface area (Å²) in [6, 6.07) is 13.1. The van der Waals surface area contributed by atoms with Crippen LogP contribution in [0.25, 0.3) is 10.2 Å². The Hall–Kier alpha value is -2.15. The summed E-state index contributed by atoms with van der Waals surface area (Å²) in [5.41, 5.74) is 3.76. The van der Waals surface area contributed by atoms with Crippen LogP contribution >= 0.6 is 22.9 Å². The average Bonchev–Trinajstić information content (AvgIpc) is 3.24. The summed E-state index contributed by atoms with van der Waals surface area (Å²) >= 11 is 8.21. The molecule has 2 aromatic carbocycles. The van der Waals surface area contributed by atoms with E-state index in [0.29, 0.717) is 35.6 Å². The van der Waals surface area contributed by atoms with E-state index in [1.807, 2.05) is 31.2 Å². The van der Waals surface area contributed by atoms with Crippen LogP contribution in [0.3, 0.4) is 0 Å². The molecule has 34 heavy (non-hydrogen) atoms. The van der Waals surface area contributed by atoms with E-state index in [1.165, 1.54) is 17.5 Å². The lowest BCUT2D eigenvalue weighted by atomic mass is 9.89. The van der Waals surface area contributed by atoms with E-state index in [2.05, 4.69) is 47.2 Å². The van der Waals surface area contributed by atoms with Crippen LogP contribution in [0.15, 0.2) is 36.4 Å². The van der Waals surface area contributed by atoms with E-state index in [1.54, 1.807) is 17.4 Å². The van der Waals surface area contributed by atoms with Gasteiger partial charge in [0.05, 0.1) is 15.2 Å². The van der Waals surface area contributed by atoms with E-state index in [-0.39, 0.29) is 5.91 Å². The quantitative estimate of drug-likeness (QED) is 0.418. The SMILES string of the molecule is CCN(c1cc(Cl)cc(C(=O)NCCc2nc3ccccc3s2)c1C)C1CCC(N(C)C)CC1. The number of carbonyl (C=O) groups is 1. The van der Waals surface area contributed by atoms with Crippen molar-refractivity contribution >= 4 is 44.7 Å². The molecule has 3 aromatic rings. The van der Waals surface area contributed by atoms with Crippen LogP contribution in [0.2, 0.25) is 5.02 Å².